The van der Waals surface area contributed by atoms with E-state index < -0.39 is 5.38 Å². The molecule has 0 saturated carbocycles. The number of hydrogen-bond donors (Lipinski definition) is 1. The van der Waals surface area contributed by atoms with Crippen LogP contribution in [0.25, 0.3) is 0 Å². The highest BCUT2D eigenvalue weighted by Crippen LogP contribution is 2.34. The fraction of sp³-hybridized carbons (Fsp3) is 0.235. The van der Waals surface area contributed by atoms with Crippen LogP contribution < -0.4 is 5.32 Å². The molecule has 0 radical (unpaired) electrons. The normalized spacial score (nSPS) is 15.3. The van der Waals surface area contributed by atoms with E-state index in [0.29, 0.717) is 12.8 Å². The minimum atomic E-state index is -0.399. The van der Waals surface area contributed by atoms with Gasteiger partial charge in [0.15, 0.2) is 0 Å². The topological polar surface area (TPSA) is 29.1 Å². The molecule has 1 aliphatic rings. The van der Waals surface area contributed by atoms with Crippen molar-refractivity contribution in [2.45, 2.75) is 25.1 Å². The molecule has 2 aromatic rings. The molecule has 1 atom stereocenters. The Morgan fingerprint density at radius 2 is 2.00 bits per heavy atom. The summed E-state index contributed by atoms with van der Waals surface area (Å²) in [7, 11) is 0. The predicted molar refractivity (Wildman–Crippen MR) is 82.2 cm³/mol. The Balaban J connectivity index is 1.97. The molecule has 21 heavy (non-hydrogen) atoms. The van der Waals surface area contributed by atoms with Crippen molar-refractivity contribution in [3.8, 4) is 0 Å². The maximum atomic E-state index is 13.4. The van der Waals surface area contributed by atoms with Crippen LogP contribution in [0.15, 0.2) is 36.4 Å². The maximum absolute atomic E-state index is 13.4. The minimum absolute atomic E-state index is 0.0404. The van der Waals surface area contributed by atoms with Crippen LogP contribution in [0.1, 0.15) is 34.1 Å². The van der Waals surface area contributed by atoms with E-state index in [1.165, 1.54) is 12.1 Å². The fourth-order valence-electron chi connectivity index (χ4n) is 2.62. The van der Waals surface area contributed by atoms with Gasteiger partial charge in [-0.3, -0.25) is 4.79 Å². The van der Waals surface area contributed by atoms with E-state index in [2.05, 4.69) is 5.32 Å². The molecule has 1 heterocycles. The molecule has 0 aliphatic carbocycles. The van der Waals surface area contributed by atoms with Crippen molar-refractivity contribution < 1.29 is 9.18 Å². The SMILES string of the molecule is Cc1ccc(F)cc1C(Cl)c1ccc2c(c1)CCC(=O)N2. The van der Waals surface area contributed by atoms with Gasteiger partial charge in [0.05, 0.1) is 5.38 Å². The van der Waals surface area contributed by atoms with E-state index in [0.717, 1.165) is 27.9 Å². The third-order valence-corrected chi connectivity index (χ3v) is 4.32. The predicted octanol–water partition coefficient (Wildman–Crippen LogP) is 4.35. The summed E-state index contributed by atoms with van der Waals surface area (Å²) in [6, 6.07) is 10.4. The second-order valence-corrected chi connectivity index (χ2v) is 5.76. The minimum Gasteiger partial charge on any atom is -0.326 e. The number of fused-ring (bicyclic) bond motifs is 1. The smallest absolute Gasteiger partial charge is 0.224 e. The Hall–Kier alpha value is -1.87. The van der Waals surface area contributed by atoms with E-state index in [9.17, 15) is 9.18 Å². The van der Waals surface area contributed by atoms with Gasteiger partial charge >= 0.3 is 0 Å². The van der Waals surface area contributed by atoms with Crippen LogP contribution in [0.5, 0.6) is 0 Å². The van der Waals surface area contributed by atoms with E-state index >= 15 is 0 Å². The van der Waals surface area contributed by atoms with Crippen LogP contribution in [-0.4, -0.2) is 5.91 Å². The number of nitrogens with one attached hydrogen (secondary N) is 1. The largest absolute Gasteiger partial charge is 0.326 e. The second kappa shape index (κ2) is 5.49. The first-order chi connectivity index (χ1) is 10.0. The number of amides is 1. The molecule has 0 bridgehead atoms. The Kier molecular flexibility index (Phi) is 3.68. The van der Waals surface area contributed by atoms with Gasteiger partial charge in [-0.1, -0.05) is 18.2 Å². The number of alkyl halides is 1. The highest BCUT2D eigenvalue weighted by molar-refractivity contribution is 6.22. The molecule has 1 amide bonds. The van der Waals surface area contributed by atoms with Crippen molar-refractivity contribution in [2.24, 2.45) is 0 Å². The fourth-order valence-corrected chi connectivity index (χ4v) is 3.00. The molecule has 0 saturated heterocycles. The molecule has 3 rings (SSSR count). The summed E-state index contributed by atoms with van der Waals surface area (Å²) in [4.78, 5) is 11.4. The molecular formula is C17H15ClFNO. The van der Waals surface area contributed by atoms with Gasteiger partial charge in [-0.25, -0.2) is 4.39 Å². The van der Waals surface area contributed by atoms with Crippen molar-refractivity contribution in [2.75, 3.05) is 5.32 Å². The average molecular weight is 304 g/mol. The lowest BCUT2D eigenvalue weighted by atomic mass is 9.95. The molecule has 0 fully saturated rings. The van der Waals surface area contributed by atoms with E-state index in [4.69, 9.17) is 11.6 Å². The number of aryl methyl sites for hydroxylation is 2. The zero-order chi connectivity index (χ0) is 15.0. The molecule has 108 valence electrons. The summed E-state index contributed by atoms with van der Waals surface area (Å²) in [6.45, 7) is 1.92. The first-order valence-electron chi connectivity index (χ1n) is 6.87. The van der Waals surface area contributed by atoms with Crippen molar-refractivity contribution >= 4 is 23.2 Å². The highest BCUT2D eigenvalue weighted by Gasteiger charge is 2.19. The number of carbonyl (C=O) groups excluding carboxylic acids is 1. The lowest BCUT2D eigenvalue weighted by Gasteiger charge is -2.20. The van der Waals surface area contributed by atoms with Crippen LogP contribution >= 0.6 is 11.6 Å². The molecule has 1 N–H and O–H groups in total. The van der Waals surface area contributed by atoms with Gasteiger partial charge in [-0.15, -0.1) is 11.6 Å². The number of hydrogen-bond acceptors (Lipinski definition) is 1. The summed E-state index contributed by atoms with van der Waals surface area (Å²) in [6.07, 6.45) is 1.20. The zero-order valence-electron chi connectivity index (χ0n) is 11.6. The molecule has 2 aromatic carbocycles. The Labute approximate surface area is 127 Å². The van der Waals surface area contributed by atoms with E-state index in [1.807, 2.05) is 25.1 Å². The Morgan fingerprint density at radius 1 is 1.19 bits per heavy atom. The van der Waals surface area contributed by atoms with Crippen LogP contribution in [0, 0.1) is 12.7 Å². The van der Waals surface area contributed by atoms with Crippen LogP contribution in [0.4, 0.5) is 10.1 Å². The van der Waals surface area contributed by atoms with Gasteiger partial charge in [-0.05, 0) is 53.8 Å². The molecule has 0 spiro atoms. The standard InChI is InChI=1S/C17H15ClFNO/c1-10-2-5-13(19)9-14(10)17(18)12-3-6-15-11(8-12)4-7-16(21)20-15/h2-3,5-6,8-9,17H,4,7H2,1H3,(H,20,21). The second-order valence-electron chi connectivity index (χ2n) is 5.33. The number of carbonyl (C=O) groups is 1. The molecule has 0 aromatic heterocycles. The van der Waals surface area contributed by atoms with Gasteiger partial charge in [-0.2, -0.15) is 0 Å². The molecular weight excluding hydrogens is 289 g/mol. The third-order valence-electron chi connectivity index (χ3n) is 3.83. The van der Waals surface area contributed by atoms with Gasteiger partial charge in [0.2, 0.25) is 5.91 Å². The number of benzene rings is 2. The third kappa shape index (κ3) is 2.79. The Morgan fingerprint density at radius 3 is 2.81 bits per heavy atom. The van der Waals surface area contributed by atoms with Crippen LogP contribution in [0.2, 0.25) is 0 Å². The van der Waals surface area contributed by atoms with Gasteiger partial charge < -0.3 is 5.32 Å². The maximum Gasteiger partial charge on any atom is 0.224 e. The first kappa shape index (κ1) is 14.1. The molecule has 4 heteroatoms. The lowest BCUT2D eigenvalue weighted by molar-refractivity contribution is -0.116. The number of halogens is 2. The van der Waals surface area contributed by atoms with Gasteiger partial charge in [0.1, 0.15) is 5.82 Å². The average Bonchev–Trinajstić information content (AvgIpc) is 2.48. The van der Waals surface area contributed by atoms with Gasteiger partial charge in [0.25, 0.3) is 0 Å². The van der Waals surface area contributed by atoms with Crippen LogP contribution in [-0.2, 0) is 11.2 Å². The summed E-state index contributed by atoms with van der Waals surface area (Å²) in [5, 5.41) is 2.44. The summed E-state index contributed by atoms with van der Waals surface area (Å²) in [5.74, 6) is -0.245. The van der Waals surface area contributed by atoms with Crippen molar-refractivity contribution in [3.63, 3.8) is 0 Å². The first-order valence-corrected chi connectivity index (χ1v) is 7.31. The molecule has 1 unspecified atom stereocenters. The highest BCUT2D eigenvalue weighted by atomic mass is 35.5. The van der Waals surface area contributed by atoms with E-state index in [1.54, 1.807) is 6.07 Å². The lowest BCUT2D eigenvalue weighted by Crippen LogP contribution is -2.19. The number of rotatable bonds is 2. The zero-order valence-corrected chi connectivity index (χ0v) is 12.4. The summed E-state index contributed by atoms with van der Waals surface area (Å²) in [5.41, 5.74) is 4.57. The van der Waals surface area contributed by atoms with Crippen molar-refractivity contribution in [3.05, 3.63) is 64.5 Å². The number of anilines is 1. The molecule has 2 nitrogen and oxygen atoms in total. The van der Waals surface area contributed by atoms with Crippen LogP contribution in [0.3, 0.4) is 0 Å². The van der Waals surface area contributed by atoms with E-state index in [-0.39, 0.29) is 11.7 Å². The van der Waals surface area contributed by atoms with Crippen molar-refractivity contribution in [1.82, 2.24) is 0 Å². The quantitative estimate of drug-likeness (QED) is 0.821. The monoisotopic (exact) mass is 303 g/mol. The summed E-state index contributed by atoms with van der Waals surface area (Å²) >= 11 is 6.53. The summed E-state index contributed by atoms with van der Waals surface area (Å²) < 4.78 is 13.4. The molecule has 1 aliphatic heterocycles. The van der Waals surface area contributed by atoms with Crippen molar-refractivity contribution in [1.29, 1.82) is 0 Å². The van der Waals surface area contributed by atoms with Gasteiger partial charge in [0, 0.05) is 12.1 Å². The Bertz CT molecular complexity index is 714.